The topological polar surface area (TPSA) is 143 Å². The lowest BCUT2D eigenvalue weighted by Gasteiger charge is -2.26. The van der Waals surface area contributed by atoms with Crippen molar-refractivity contribution in [3.8, 4) is 0 Å². The Kier molecular flexibility index (Phi) is 5.97. The summed E-state index contributed by atoms with van der Waals surface area (Å²) in [5.41, 5.74) is -0.768. The molecule has 2 bridgehead atoms. The lowest BCUT2D eigenvalue weighted by Crippen LogP contribution is -2.38. The van der Waals surface area contributed by atoms with Crippen LogP contribution >= 0.6 is 0 Å². The second-order valence-corrected chi connectivity index (χ2v) is 11.6. The second kappa shape index (κ2) is 9.15. The van der Waals surface area contributed by atoms with E-state index in [0.29, 0.717) is 3.71 Å². The smallest absolute Gasteiger partial charge is 0.279 e. The zero-order valence-electron chi connectivity index (χ0n) is 18.9. The zero-order valence-corrected chi connectivity index (χ0v) is 20.5. The van der Waals surface area contributed by atoms with Crippen LogP contribution in [0.3, 0.4) is 0 Å². The molecular formula is C25H18N4O6S2. The Labute approximate surface area is 212 Å². The quantitative estimate of drug-likeness (QED) is 0.381. The van der Waals surface area contributed by atoms with Gasteiger partial charge in [-0.05, 0) is 48.5 Å². The van der Waals surface area contributed by atoms with E-state index < -0.39 is 41.7 Å². The molecule has 2 heterocycles. The van der Waals surface area contributed by atoms with Gasteiger partial charge in [-0.25, -0.2) is 4.98 Å². The predicted molar refractivity (Wildman–Crippen MR) is 136 cm³/mol. The average molecular weight is 535 g/mol. The molecule has 0 unspecified atom stereocenters. The third-order valence-electron chi connectivity index (χ3n) is 5.44. The average Bonchev–Trinajstić information content (AvgIpc) is 2.89. The van der Waals surface area contributed by atoms with Crippen LogP contribution in [0.1, 0.15) is 21.0 Å². The van der Waals surface area contributed by atoms with Gasteiger partial charge in [0, 0.05) is 0 Å². The van der Waals surface area contributed by atoms with E-state index in [2.05, 4.69) is 15.6 Å². The summed E-state index contributed by atoms with van der Waals surface area (Å²) < 4.78 is 56.5. The summed E-state index contributed by atoms with van der Waals surface area (Å²) in [6.45, 7) is 0. The van der Waals surface area contributed by atoms with Crippen LogP contribution in [0, 0.1) is 0 Å². The summed E-state index contributed by atoms with van der Waals surface area (Å²) in [4.78, 5) is 29.1. The van der Waals surface area contributed by atoms with Gasteiger partial charge in [0.25, 0.3) is 31.9 Å². The van der Waals surface area contributed by atoms with Crippen molar-refractivity contribution in [2.45, 2.75) is 9.79 Å². The molecular weight excluding hydrogens is 516 g/mol. The molecule has 1 aliphatic rings. The van der Waals surface area contributed by atoms with E-state index in [1.807, 2.05) is 0 Å². The predicted octanol–water partition coefficient (Wildman–Crippen LogP) is 3.48. The Morgan fingerprint density at radius 3 is 1.46 bits per heavy atom. The standard InChI is InChI=1S/C25H18N4O6S2/c30-24-20-13-8-14-21(26-20)25(31)28-19-12-5-7-16-23(19)37(34,35)29(17-9-2-1-3-10-17)36(32,33)22-15-6-4-11-18(22)27-24/h1-16H,(H,27,30)(H,28,31). The van der Waals surface area contributed by atoms with Gasteiger partial charge in [0.2, 0.25) is 0 Å². The van der Waals surface area contributed by atoms with Gasteiger partial charge >= 0.3 is 0 Å². The number of sulfonamides is 2. The number of nitrogens with one attached hydrogen (secondary N) is 2. The molecule has 37 heavy (non-hydrogen) atoms. The van der Waals surface area contributed by atoms with Crippen molar-refractivity contribution >= 4 is 48.9 Å². The van der Waals surface area contributed by atoms with Crippen LogP contribution in [-0.4, -0.2) is 33.6 Å². The summed E-state index contributed by atoms with van der Waals surface area (Å²) in [7, 11) is -9.69. The Morgan fingerprint density at radius 2 is 0.973 bits per heavy atom. The largest absolute Gasteiger partial charge is 0.319 e. The summed E-state index contributed by atoms with van der Waals surface area (Å²) in [6, 6.07) is 22.3. The number of pyridine rings is 1. The fourth-order valence-corrected chi connectivity index (χ4v) is 7.75. The van der Waals surface area contributed by atoms with Gasteiger partial charge in [0.1, 0.15) is 21.2 Å². The summed E-state index contributed by atoms with van der Waals surface area (Å²) in [6.07, 6.45) is 0. The van der Waals surface area contributed by atoms with E-state index in [9.17, 15) is 26.4 Å². The molecule has 12 heteroatoms. The number of para-hydroxylation sites is 3. The van der Waals surface area contributed by atoms with E-state index in [1.165, 1.54) is 91.0 Å². The maximum atomic E-state index is 14.1. The van der Waals surface area contributed by atoms with Gasteiger partial charge < -0.3 is 10.6 Å². The number of aromatic nitrogens is 1. The minimum Gasteiger partial charge on any atom is -0.319 e. The van der Waals surface area contributed by atoms with E-state index in [-0.39, 0.29) is 28.5 Å². The molecule has 1 aromatic heterocycles. The number of rotatable bonds is 1. The Balaban J connectivity index is 1.85. The number of carbonyl (C=O) groups is 2. The molecule has 0 atom stereocenters. The monoisotopic (exact) mass is 534 g/mol. The van der Waals surface area contributed by atoms with Crippen molar-refractivity contribution in [3.05, 3.63) is 108 Å². The Morgan fingerprint density at radius 1 is 0.541 bits per heavy atom. The molecule has 0 saturated carbocycles. The van der Waals surface area contributed by atoms with Crippen LogP contribution in [0.4, 0.5) is 17.1 Å². The molecule has 186 valence electrons. The second-order valence-electron chi connectivity index (χ2n) is 7.85. The van der Waals surface area contributed by atoms with E-state index in [0.717, 1.165) is 0 Å². The van der Waals surface area contributed by atoms with Gasteiger partial charge in [0.05, 0.1) is 17.1 Å². The third-order valence-corrected chi connectivity index (χ3v) is 9.74. The fraction of sp³-hybridized carbons (Fsp3) is 0. The van der Waals surface area contributed by atoms with Gasteiger partial charge in [-0.2, -0.15) is 20.5 Å². The van der Waals surface area contributed by atoms with Crippen molar-refractivity contribution in [1.29, 1.82) is 0 Å². The Hall–Kier alpha value is -4.55. The highest BCUT2D eigenvalue weighted by molar-refractivity contribution is 8.10. The molecule has 0 spiro atoms. The number of nitrogens with zero attached hydrogens (tertiary/aromatic N) is 2. The van der Waals surface area contributed by atoms with Crippen molar-refractivity contribution in [2.24, 2.45) is 0 Å². The first-order valence-electron chi connectivity index (χ1n) is 10.8. The van der Waals surface area contributed by atoms with E-state index in [4.69, 9.17) is 0 Å². The molecule has 2 amide bonds. The van der Waals surface area contributed by atoms with Gasteiger partial charge in [-0.3, -0.25) is 9.59 Å². The van der Waals surface area contributed by atoms with Gasteiger partial charge in [-0.15, -0.1) is 0 Å². The number of anilines is 3. The normalized spacial score (nSPS) is 16.4. The lowest BCUT2D eigenvalue weighted by atomic mass is 10.2. The summed E-state index contributed by atoms with van der Waals surface area (Å²) >= 11 is 0. The highest BCUT2D eigenvalue weighted by atomic mass is 32.3. The number of hydrogen-bond donors (Lipinski definition) is 2. The third kappa shape index (κ3) is 4.32. The van der Waals surface area contributed by atoms with Crippen molar-refractivity contribution < 1.29 is 26.4 Å². The number of hydrogen-bond acceptors (Lipinski definition) is 7. The molecule has 2 N–H and O–H groups in total. The van der Waals surface area contributed by atoms with Crippen LogP contribution in [-0.2, 0) is 20.0 Å². The van der Waals surface area contributed by atoms with Crippen molar-refractivity contribution in [1.82, 2.24) is 4.98 Å². The summed E-state index contributed by atoms with van der Waals surface area (Å²) in [5, 5.41) is 4.96. The van der Waals surface area contributed by atoms with Crippen LogP contribution in [0.2, 0.25) is 0 Å². The first-order valence-corrected chi connectivity index (χ1v) is 13.7. The molecule has 0 aliphatic carbocycles. The minimum atomic E-state index is -4.84. The highest BCUT2D eigenvalue weighted by Crippen LogP contribution is 2.36. The zero-order chi connectivity index (χ0) is 26.2. The number of benzene rings is 3. The molecule has 0 saturated heterocycles. The molecule has 1 aliphatic heterocycles. The van der Waals surface area contributed by atoms with Gasteiger partial charge in [0.15, 0.2) is 0 Å². The van der Waals surface area contributed by atoms with E-state index in [1.54, 1.807) is 6.07 Å². The summed E-state index contributed by atoms with van der Waals surface area (Å²) in [5.74, 6) is -1.58. The Bertz CT molecular complexity index is 1650. The van der Waals surface area contributed by atoms with Crippen LogP contribution in [0.25, 0.3) is 0 Å². The SMILES string of the molecule is O=C1Nc2ccccc2S(=O)(=O)N(c2ccccc2)S(=O)(=O)c2ccccc2NC(=O)c2cccc1n2. The van der Waals surface area contributed by atoms with Crippen LogP contribution in [0.15, 0.2) is 107 Å². The van der Waals surface area contributed by atoms with Crippen molar-refractivity contribution in [3.63, 3.8) is 0 Å². The molecule has 0 radical (unpaired) electrons. The molecule has 0 fully saturated rings. The van der Waals surface area contributed by atoms with Gasteiger partial charge in [-0.1, -0.05) is 48.5 Å². The minimum absolute atomic E-state index is 0.141. The molecule has 5 rings (SSSR count). The maximum absolute atomic E-state index is 14.1. The number of amides is 2. The maximum Gasteiger partial charge on any atom is 0.279 e. The van der Waals surface area contributed by atoms with Crippen LogP contribution in [0.5, 0.6) is 0 Å². The number of fused-ring (bicyclic) bond motifs is 4. The highest BCUT2D eigenvalue weighted by Gasteiger charge is 2.39. The van der Waals surface area contributed by atoms with E-state index >= 15 is 0 Å². The lowest BCUT2D eigenvalue weighted by molar-refractivity contribution is 0.101. The molecule has 3 aromatic carbocycles. The molecule has 4 aromatic rings. The fourth-order valence-electron chi connectivity index (χ4n) is 3.79. The first kappa shape index (κ1) is 24.2. The first-order chi connectivity index (χ1) is 17.7. The van der Waals surface area contributed by atoms with Crippen molar-refractivity contribution in [2.75, 3.05) is 14.3 Å². The molecule has 10 nitrogen and oxygen atoms in total. The number of carbonyl (C=O) groups excluding carboxylic acids is 2. The van der Waals surface area contributed by atoms with Crippen LogP contribution < -0.4 is 14.3 Å².